The molecule has 27 heavy (non-hydrogen) atoms. The van der Waals surface area contributed by atoms with Gasteiger partial charge in [-0.25, -0.2) is 0 Å². The van der Waals surface area contributed by atoms with Gasteiger partial charge in [0.2, 0.25) is 0 Å². The van der Waals surface area contributed by atoms with Crippen LogP contribution in [0, 0.1) is 5.92 Å². The molecule has 1 aromatic carbocycles. The van der Waals surface area contributed by atoms with Gasteiger partial charge in [0.1, 0.15) is 0 Å². The molecule has 0 bridgehead atoms. The lowest BCUT2D eigenvalue weighted by Crippen LogP contribution is -2.17. The van der Waals surface area contributed by atoms with Crippen LogP contribution in [0.2, 0.25) is 5.02 Å². The van der Waals surface area contributed by atoms with Crippen LogP contribution in [-0.2, 0) is 6.42 Å². The Bertz CT molecular complexity index is 709. The van der Waals surface area contributed by atoms with E-state index in [4.69, 9.17) is 11.6 Å². The number of hydrogen-bond donors (Lipinski definition) is 0. The Morgan fingerprint density at radius 3 is 2.44 bits per heavy atom. The van der Waals surface area contributed by atoms with Gasteiger partial charge in [-0.05, 0) is 79.0 Å². The third kappa shape index (κ3) is 6.08. The zero-order valence-electron chi connectivity index (χ0n) is 16.0. The standard InChI is InChI=1S/C23H29Br2Cl.CH4/c1-5-8-16(9-6-2)22-15(4)17(12-19(24)7-3)10-11-18-13-20(26)14-21(25)23(18)22;/h7,12-14,16,22H,4-6,8-11H2,1-3H3;1H4/b17-12-,19-7+;. The van der Waals surface area contributed by atoms with Crippen molar-refractivity contribution in [2.24, 2.45) is 5.92 Å². The fourth-order valence-electron chi connectivity index (χ4n) is 4.15. The summed E-state index contributed by atoms with van der Waals surface area (Å²) in [6, 6.07) is 4.21. The first-order valence-electron chi connectivity index (χ1n) is 9.62. The van der Waals surface area contributed by atoms with Gasteiger partial charge in [0, 0.05) is 19.9 Å². The van der Waals surface area contributed by atoms with Crippen LogP contribution in [0.15, 0.2) is 51.0 Å². The van der Waals surface area contributed by atoms with Crippen molar-refractivity contribution in [1.29, 1.82) is 0 Å². The topological polar surface area (TPSA) is 0 Å². The summed E-state index contributed by atoms with van der Waals surface area (Å²) in [6.07, 6.45) is 11.2. The Kier molecular flexibility index (Phi) is 10.7. The lowest BCUT2D eigenvalue weighted by atomic mass is 9.74. The Hall–Kier alpha value is -0.310. The van der Waals surface area contributed by atoms with E-state index in [1.807, 2.05) is 6.07 Å². The summed E-state index contributed by atoms with van der Waals surface area (Å²) in [5.74, 6) is 0.960. The van der Waals surface area contributed by atoms with Gasteiger partial charge < -0.3 is 0 Å². The van der Waals surface area contributed by atoms with Crippen molar-refractivity contribution in [3.05, 3.63) is 67.1 Å². The highest BCUT2D eigenvalue weighted by molar-refractivity contribution is 9.12. The number of fused-ring (bicyclic) bond motifs is 1. The van der Waals surface area contributed by atoms with E-state index in [-0.39, 0.29) is 7.43 Å². The van der Waals surface area contributed by atoms with Crippen LogP contribution < -0.4 is 0 Å². The fraction of sp³-hybridized carbons (Fsp3) is 0.500. The molecule has 2 rings (SSSR count). The molecule has 150 valence electrons. The van der Waals surface area contributed by atoms with Gasteiger partial charge in [-0.2, -0.15) is 0 Å². The molecule has 3 heteroatoms. The predicted octanol–water partition coefficient (Wildman–Crippen LogP) is 9.77. The molecule has 0 heterocycles. The second-order valence-electron chi connectivity index (χ2n) is 7.14. The van der Waals surface area contributed by atoms with E-state index in [0.717, 1.165) is 26.8 Å². The van der Waals surface area contributed by atoms with Crippen molar-refractivity contribution in [3.8, 4) is 0 Å². The third-order valence-corrected chi connectivity index (χ3v) is 6.88. The summed E-state index contributed by atoms with van der Waals surface area (Å²) in [5, 5.41) is 0.810. The highest BCUT2D eigenvalue weighted by Gasteiger charge is 2.32. The molecule has 0 radical (unpaired) electrons. The largest absolute Gasteiger partial charge is 0.0949 e. The van der Waals surface area contributed by atoms with Crippen LogP contribution >= 0.6 is 43.5 Å². The van der Waals surface area contributed by atoms with Gasteiger partial charge in [0.25, 0.3) is 0 Å². The van der Waals surface area contributed by atoms with Gasteiger partial charge in [0.05, 0.1) is 0 Å². The van der Waals surface area contributed by atoms with Crippen LogP contribution in [-0.4, -0.2) is 0 Å². The van der Waals surface area contributed by atoms with E-state index < -0.39 is 0 Å². The number of hydrogen-bond acceptors (Lipinski definition) is 0. The average Bonchev–Trinajstić information content (AvgIpc) is 2.72. The highest BCUT2D eigenvalue weighted by Crippen LogP contribution is 2.48. The van der Waals surface area contributed by atoms with E-state index in [0.29, 0.717) is 11.8 Å². The lowest BCUT2D eigenvalue weighted by Gasteiger charge is -2.31. The molecule has 0 saturated heterocycles. The smallest absolute Gasteiger partial charge is 0.0420 e. The van der Waals surface area contributed by atoms with Crippen molar-refractivity contribution < 1.29 is 0 Å². The SMILES string of the molecule is C.C=C1/C(=C\C(Br)=C/C)CCc2cc(Cl)cc(Br)c2C1C(CCC)CCC. The first-order valence-corrected chi connectivity index (χ1v) is 11.6. The summed E-state index contributed by atoms with van der Waals surface area (Å²) >= 11 is 13.9. The van der Waals surface area contributed by atoms with Crippen LogP contribution in [0.4, 0.5) is 0 Å². The molecular formula is C24H33Br2Cl. The van der Waals surface area contributed by atoms with E-state index in [1.54, 1.807) is 0 Å². The first-order chi connectivity index (χ1) is 12.4. The summed E-state index contributed by atoms with van der Waals surface area (Å²) in [7, 11) is 0. The van der Waals surface area contributed by atoms with E-state index in [1.165, 1.54) is 48.0 Å². The maximum absolute atomic E-state index is 6.38. The molecule has 0 amide bonds. The minimum Gasteiger partial charge on any atom is -0.0949 e. The molecule has 0 saturated carbocycles. The zero-order valence-corrected chi connectivity index (χ0v) is 20.0. The predicted molar refractivity (Wildman–Crippen MR) is 130 cm³/mol. The van der Waals surface area contributed by atoms with E-state index >= 15 is 0 Å². The molecule has 0 spiro atoms. The number of benzene rings is 1. The maximum atomic E-state index is 6.38. The highest BCUT2D eigenvalue weighted by atomic mass is 79.9. The normalized spacial score (nSPS) is 19.1. The molecular weight excluding hydrogens is 484 g/mol. The molecule has 1 aliphatic carbocycles. The van der Waals surface area contributed by atoms with E-state index in [9.17, 15) is 0 Å². The zero-order chi connectivity index (χ0) is 19.3. The van der Waals surface area contributed by atoms with Gasteiger partial charge in [0.15, 0.2) is 0 Å². The summed E-state index contributed by atoms with van der Waals surface area (Å²) in [6.45, 7) is 11.2. The summed E-state index contributed by atoms with van der Waals surface area (Å²) < 4.78 is 2.26. The van der Waals surface area contributed by atoms with Crippen molar-refractivity contribution in [2.45, 2.75) is 72.6 Å². The van der Waals surface area contributed by atoms with Gasteiger partial charge in [-0.3, -0.25) is 0 Å². The molecule has 1 atom stereocenters. The van der Waals surface area contributed by atoms with Gasteiger partial charge in [-0.15, -0.1) is 0 Å². The first kappa shape index (κ1) is 24.7. The molecule has 0 aliphatic heterocycles. The van der Waals surface area contributed by atoms with Crippen LogP contribution in [0.1, 0.15) is 77.3 Å². The van der Waals surface area contributed by atoms with Gasteiger partial charge >= 0.3 is 0 Å². The van der Waals surface area contributed by atoms with Crippen LogP contribution in [0.3, 0.4) is 0 Å². The van der Waals surface area contributed by atoms with Crippen molar-refractivity contribution in [3.63, 3.8) is 0 Å². The minimum atomic E-state index is 0. The Morgan fingerprint density at radius 2 is 1.89 bits per heavy atom. The molecule has 1 unspecified atom stereocenters. The summed E-state index contributed by atoms with van der Waals surface area (Å²) in [5.41, 5.74) is 5.41. The molecule has 0 nitrogen and oxygen atoms in total. The van der Waals surface area contributed by atoms with E-state index in [2.05, 4.69) is 77.4 Å². The Morgan fingerprint density at radius 1 is 1.26 bits per heavy atom. The fourth-order valence-corrected chi connectivity index (χ4v) is 5.55. The Balaban J connectivity index is 0.00000364. The molecule has 0 fully saturated rings. The number of rotatable bonds is 6. The minimum absolute atomic E-state index is 0. The molecule has 0 N–H and O–H groups in total. The molecule has 0 aromatic heterocycles. The monoisotopic (exact) mass is 514 g/mol. The lowest BCUT2D eigenvalue weighted by molar-refractivity contribution is 0.393. The number of halogens is 3. The van der Waals surface area contributed by atoms with Crippen molar-refractivity contribution in [2.75, 3.05) is 0 Å². The summed E-state index contributed by atoms with van der Waals surface area (Å²) in [4.78, 5) is 0. The maximum Gasteiger partial charge on any atom is 0.0420 e. The molecule has 1 aliphatic rings. The Labute approximate surface area is 188 Å². The third-order valence-electron chi connectivity index (χ3n) is 5.32. The van der Waals surface area contributed by atoms with Crippen LogP contribution in [0.5, 0.6) is 0 Å². The number of aryl methyl sites for hydroxylation is 1. The van der Waals surface area contributed by atoms with Gasteiger partial charge in [-0.1, -0.05) is 90.2 Å². The second kappa shape index (κ2) is 11.6. The molecule has 1 aromatic rings. The number of allylic oxidation sites excluding steroid dienone is 5. The van der Waals surface area contributed by atoms with Crippen molar-refractivity contribution in [1.82, 2.24) is 0 Å². The van der Waals surface area contributed by atoms with Crippen LogP contribution in [0.25, 0.3) is 0 Å². The average molecular weight is 517 g/mol. The quantitative estimate of drug-likeness (QED) is 0.330. The second-order valence-corrected chi connectivity index (χ2v) is 9.35. The van der Waals surface area contributed by atoms with Crippen molar-refractivity contribution >= 4 is 43.5 Å².